The number of hydrogen-bond donors (Lipinski definition) is 1. The first kappa shape index (κ1) is 19.9. The molecule has 1 aromatic heterocycles. The summed E-state index contributed by atoms with van der Waals surface area (Å²) in [5, 5.41) is 3.61. The topological polar surface area (TPSA) is 41.1 Å². The lowest BCUT2D eigenvalue weighted by Gasteiger charge is -2.37. The van der Waals surface area contributed by atoms with Gasteiger partial charge in [-0.15, -0.1) is 12.4 Å². The van der Waals surface area contributed by atoms with Crippen LogP contribution in [0.3, 0.4) is 0 Å². The number of anilines is 2. The van der Waals surface area contributed by atoms with Gasteiger partial charge in [-0.2, -0.15) is 4.98 Å². The number of nitrogens with one attached hydrogen (secondary N) is 1. The quantitative estimate of drug-likeness (QED) is 0.768. The lowest BCUT2D eigenvalue weighted by Crippen LogP contribution is -2.35. The monoisotopic (exact) mass is 386 g/mol. The number of aryl methyl sites for hydroxylation is 1. The van der Waals surface area contributed by atoms with Gasteiger partial charge in [-0.3, -0.25) is 0 Å². The predicted octanol–water partition coefficient (Wildman–Crippen LogP) is 5.38. The Kier molecular flexibility index (Phi) is 6.25. The Morgan fingerprint density at radius 2 is 1.78 bits per heavy atom. The second-order valence-electron chi connectivity index (χ2n) is 7.88. The van der Waals surface area contributed by atoms with Crippen LogP contribution in [-0.2, 0) is 6.42 Å². The van der Waals surface area contributed by atoms with Crippen LogP contribution in [0, 0.1) is 13.8 Å². The molecule has 0 amide bonds. The van der Waals surface area contributed by atoms with Crippen molar-refractivity contribution in [2.24, 2.45) is 0 Å². The molecule has 1 N–H and O–H groups in total. The van der Waals surface area contributed by atoms with Crippen molar-refractivity contribution in [2.45, 2.75) is 71.4 Å². The van der Waals surface area contributed by atoms with Crippen molar-refractivity contribution in [1.82, 2.24) is 9.97 Å². The van der Waals surface area contributed by atoms with E-state index in [0.29, 0.717) is 12.1 Å². The molecular weight excluding hydrogens is 356 g/mol. The van der Waals surface area contributed by atoms with Crippen molar-refractivity contribution in [3.63, 3.8) is 0 Å². The van der Waals surface area contributed by atoms with Gasteiger partial charge in [0.05, 0.1) is 6.04 Å². The third-order valence-electron chi connectivity index (χ3n) is 6.17. The molecule has 1 fully saturated rings. The number of halogens is 1. The normalized spacial score (nSPS) is 20.0. The maximum absolute atomic E-state index is 4.98. The molecule has 1 atom stereocenters. The summed E-state index contributed by atoms with van der Waals surface area (Å²) in [5.41, 5.74) is 5.18. The largest absolute Gasteiger partial charge is 0.351 e. The van der Waals surface area contributed by atoms with Gasteiger partial charge in [0.25, 0.3) is 0 Å². The van der Waals surface area contributed by atoms with Gasteiger partial charge in [-0.25, -0.2) is 4.98 Å². The van der Waals surface area contributed by atoms with E-state index in [1.165, 1.54) is 48.8 Å². The van der Waals surface area contributed by atoms with Gasteiger partial charge in [-0.1, -0.05) is 43.5 Å². The number of benzene rings is 1. The molecule has 2 heterocycles. The highest BCUT2D eigenvalue weighted by Gasteiger charge is 2.27. The summed E-state index contributed by atoms with van der Waals surface area (Å²) in [6, 6.07) is 9.68. The molecule has 0 radical (unpaired) electrons. The van der Waals surface area contributed by atoms with E-state index in [-0.39, 0.29) is 12.4 Å². The van der Waals surface area contributed by atoms with Crippen molar-refractivity contribution in [1.29, 1.82) is 0 Å². The number of rotatable bonds is 3. The third kappa shape index (κ3) is 4.06. The predicted molar refractivity (Wildman–Crippen MR) is 115 cm³/mol. The molecule has 5 heteroatoms. The van der Waals surface area contributed by atoms with E-state index in [1.807, 2.05) is 0 Å². The minimum Gasteiger partial charge on any atom is -0.351 e. The second-order valence-corrected chi connectivity index (χ2v) is 7.88. The minimum absolute atomic E-state index is 0. The molecule has 146 valence electrons. The highest BCUT2D eigenvalue weighted by Crippen LogP contribution is 2.35. The fourth-order valence-corrected chi connectivity index (χ4v) is 4.45. The molecule has 4 rings (SSSR count). The van der Waals surface area contributed by atoms with E-state index in [1.54, 1.807) is 0 Å². The maximum atomic E-state index is 4.98. The number of hydrogen-bond acceptors (Lipinski definition) is 4. The summed E-state index contributed by atoms with van der Waals surface area (Å²) in [4.78, 5) is 12.2. The molecule has 1 aliphatic heterocycles. The molecule has 27 heavy (non-hydrogen) atoms. The van der Waals surface area contributed by atoms with Gasteiger partial charge in [-0.05, 0) is 51.2 Å². The lowest BCUT2D eigenvalue weighted by molar-refractivity contribution is 0.460. The molecule has 1 aromatic carbocycles. The Labute approximate surface area is 169 Å². The Balaban J connectivity index is 0.00000210. The number of fused-ring (bicyclic) bond motifs is 1. The van der Waals surface area contributed by atoms with Gasteiger partial charge >= 0.3 is 0 Å². The summed E-state index contributed by atoms with van der Waals surface area (Å²) in [7, 11) is 0. The molecule has 1 saturated carbocycles. The summed E-state index contributed by atoms with van der Waals surface area (Å²) in [6.45, 7) is 7.57. The van der Waals surface area contributed by atoms with E-state index in [2.05, 4.69) is 55.3 Å². The zero-order chi connectivity index (χ0) is 18.1. The first-order chi connectivity index (χ1) is 12.6. The van der Waals surface area contributed by atoms with E-state index in [0.717, 1.165) is 30.4 Å². The zero-order valence-corrected chi connectivity index (χ0v) is 17.5. The average molecular weight is 387 g/mol. The Hall–Kier alpha value is -1.81. The van der Waals surface area contributed by atoms with Gasteiger partial charge in [0.2, 0.25) is 5.95 Å². The van der Waals surface area contributed by atoms with Crippen molar-refractivity contribution >= 4 is 24.2 Å². The van der Waals surface area contributed by atoms with Crippen LogP contribution in [0.1, 0.15) is 67.5 Å². The molecule has 1 aliphatic carbocycles. The van der Waals surface area contributed by atoms with Crippen LogP contribution >= 0.6 is 12.4 Å². The summed E-state index contributed by atoms with van der Waals surface area (Å²) < 4.78 is 0. The molecule has 2 aliphatic rings. The highest BCUT2D eigenvalue weighted by atomic mass is 35.5. The standard InChI is InChI=1S/C22H30N4.ClH/c1-15-16(2)23-22(24-19-10-5-4-6-11-19)25-21(15)26-14-13-18-9-7-8-12-20(18)17(26)3;/h7-9,12,17,19H,4-6,10-11,13-14H2,1-3H3,(H,23,24,25);1H. The van der Waals surface area contributed by atoms with Crippen molar-refractivity contribution in [3.05, 3.63) is 46.6 Å². The average Bonchev–Trinajstić information content (AvgIpc) is 2.66. The van der Waals surface area contributed by atoms with Crippen molar-refractivity contribution < 1.29 is 0 Å². The van der Waals surface area contributed by atoms with E-state index >= 15 is 0 Å². The van der Waals surface area contributed by atoms with Crippen molar-refractivity contribution in [3.8, 4) is 0 Å². The van der Waals surface area contributed by atoms with Gasteiger partial charge in [0.15, 0.2) is 0 Å². The lowest BCUT2D eigenvalue weighted by atomic mass is 9.93. The SMILES string of the molecule is Cc1nc(NC2CCCCC2)nc(N2CCc3ccccc3C2C)c1C.Cl. The Morgan fingerprint density at radius 1 is 1.04 bits per heavy atom. The van der Waals surface area contributed by atoms with Crippen molar-refractivity contribution in [2.75, 3.05) is 16.8 Å². The van der Waals surface area contributed by atoms with Crippen LogP contribution in [0.2, 0.25) is 0 Å². The van der Waals surface area contributed by atoms with E-state index < -0.39 is 0 Å². The number of nitrogens with zero attached hydrogens (tertiary/aromatic N) is 3. The third-order valence-corrected chi connectivity index (χ3v) is 6.17. The summed E-state index contributed by atoms with van der Waals surface area (Å²) >= 11 is 0. The smallest absolute Gasteiger partial charge is 0.225 e. The van der Waals surface area contributed by atoms with Crippen LogP contribution in [0.5, 0.6) is 0 Å². The van der Waals surface area contributed by atoms with Crippen LogP contribution in [0.4, 0.5) is 11.8 Å². The van der Waals surface area contributed by atoms with Gasteiger partial charge in [0, 0.05) is 23.8 Å². The van der Waals surface area contributed by atoms with E-state index in [4.69, 9.17) is 9.97 Å². The minimum atomic E-state index is 0. The maximum Gasteiger partial charge on any atom is 0.225 e. The second kappa shape index (κ2) is 8.47. The van der Waals surface area contributed by atoms with Crippen LogP contribution in [0.25, 0.3) is 0 Å². The molecule has 0 bridgehead atoms. The molecule has 0 saturated heterocycles. The Morgan fingerprint density at radius 3 is 2.56 bits per heavy atom. The molecule has 2 aromatic rings. The number of aromatic nitrogens is 2. The first-order valence-corrected chi connectivity index (χ1v) is 10.1. The molecule has 0 spiro atoms. The first-order valence-electron chi connectivity index (χ1n) is 10.1. The zero-order valence-electron chi connectivity index (χ0n) is 16.7. The fourth-order valence-electron chi connectivity index (χ4n) is 4.45. The van der Waals surface area contributed by atoms with E-state index in [9.17, 15) is 0 Å². The van der Waals surface area contributed by atoms with Gasteiger partial charge in [0.1, 0.15) is 5.82 Å². The molecule has 4 nitrogen and oxygen atoms in total. The van der Waals surface area contributed by atoms with Crippen LogP contribution < -0.4 is 10.2 Å². The summed E-state index contributed by atoms with van der Waals surface area (Å²) in [5.74, 6) is 1.90. The highest BCUT2D eigenvalue weighted by molar-refractivity contribution is 5.85. The Bertz CT molecular complexity index is 786. The fraction of sp³-hybridized carbons (Fsp3) is 0.545. The van der Waals surface area contributed by atoms with Crippen LogP contribution in [0.15, 0.2) is 24.3 Å². The van der Waals surface area contributed by atoms with Crippen LogP contribution in [-0.4, -0.2) is 22.6 Å². The van der Waals surface area contributed by atoms with Gasteiger partial charge < -0.3 is 10.2 Å². The molecule has 1 unspecified atom stereocenters. The molecular formula is C22H31ClN4. The summed E-state index contributed by atoms with van der Waals surface area (Å²) in [6.07, 6.45) is 7.54.